The predicted octanol–water partition coefficient (Wildman–Crippen LogP) is 4.84. The number of benzene rings is 2. The van der Waals surface area contributed by atoms with E-state index in [0.29, 0.717) is 35.6 Å². The molecule has 0 aliphatic carbocycles. The monoisotopic (exact) mass is 438 g/mol. The molecule has 2 aliphatic heterocycles. The molecule has 0 radical (unpaired) electrons. The van der Waals surface area contributed by atoms with Crippen molar-refractivity contribution in [3.63, 3.8) is 0 Å². The van der Waals surface area contributed by atoms with Gasteiger partial charge in [0.2, 0.25) is 0 Å². The number of hydrogen-bond donors (Lipinski definition) is 0. The normalized spacial score (nSPS) is 18.8. The van der Waals surface area contributed by atoms with Gasteiger partial charge in [-0.1, -0.05) is 6.07 Å². The second-order valence-corrected chi connectivity index (χ2v) is 8.25. The Hall–Kier alpha value is -3.42. The number of ether oxygens (including phenoxy) is 1. The number of imidazole rings is 1. The Morgan fingerprint density at radius 2 is 1.88 bits per heavy atom. The molecule has 3 heterocycles. The maximum Gasteiger partial charge on any atom is 0.414 e. The Balaban J connectivity index is 1.33. The molecule has 2 aromatic carbocycles. The number of carbonyl (C=O) groups is 1. The van der Waals surface area contributed by atoms with E-state index in [-0.39, 0.29) is 11.9 Å². The molecule has 0 saturated carbocycles. The van der Waals surface area contributed by atoms with Crippen LogP contribution in [0.1, 0.15) is 19.3 Å². The Morgan fingerprint density at radius 3 is 2.59 bits per heavy atom. The number of cyclic esters (lactones) is 1. The molecule has 0 bridgehead atoms. The molecule has 0 unspecified atom stereocenters. The summed E-state index contributed by atoms with van der Waals surface area (Å²) in [4.78, 5) is 19.7. The smallest absolute Gasteiger partial charge is 0.414 e. The van der Waals surface area contributed by atoms with Gasteiger partial charge in [0.15, 0.2) is 0 Å². The molecule has 1 amide bonds. The first-order chi connectivity index (χ1) is 15.6. The number of nitrogens with zero attached hydrogens (tertiary/aromatic N) is 4. The van der Waals surface area contributed by atoms with Crippen molar-refractivity contribution in [3.05, 3.63) is 66.8 Å². The van der Waals surface area contributed by atoms with Crippen molar-refractivity contribution >= 4 is 17.5 Å². The van der Waals surface area contributed by atoms with Crippen molar-refractivity contribution in [2.75, 3.05) is 29.4 Å². The van der Waals surface area contributed by atoms with Crippen LogP contribution in [-0.2, 0) is 11.3 Å². The van der Waals surface area contributed by atoms with Crippen LogP contribution in [0.25, 0.3) is 11.1 Å². The topological polar surface area (TPSA) is 50.6 Å². The Morgan fingerprint density at radius 1 is 1.03 bits per heavy atom. The van der Waals surface area contributed by atoms with Crippen molar-refractivity contribution in [2.45, 2.75) is 31.9 Å². The fourth-order valence-corrected chi connectivity index (χ4v) is 4.43. The average Bonchev–Trinajstić information content (AvgIpc) is 3.44. The Bertz CT molecular complexity index is 1110. The van der Waals surface area contributed by atoms with Gasteiger partial charge in [-0.05, 0) is 55.2 Å². The maximum atomic E-state index is 15.0. The summed E-state index contributed by atoms with van der Waals surface area (Å²) in [6, 6.07) is 9.39. The lowest BCUT2D eigenvalue weighted by atomic mass is 10.0. The van der Waals surface area contributed by atoms with E-state index in [0.717, 1.165) is 25.9 Å². The summed E-state index contributed by atoms with van der Waals surface area (Å²) in [5, 5.41) is 0. The molecule has 32 heavy (non-hydrogen) atoms. The molecule has 8 heteroatoms. The van der Waals surface area contributed by atoms with Gasteiger partial charge in [-0.3, -0.25) is 4.90 Å². The molecule has 2 aliphatic rings. The number of hydrogen-bond acceptors (Lipinski definition) is 4. The number of amides is 1. The van der Waals surface area contributed by atoms with Crippen LogP contribution in [0.2, 0.25) is 0 Å². The van der Waals surface area contributed by atoms with Crippen molar-refractivity contribution in [3.8, 4) is 11.1 Å². The highest BCUT2D eigenvalue weighted by Crippen LogP contribution is 2.32. The van der Waals surface area contributed by atoms with E-state index in [4.69, 9.17) is 4.74 Å². The minimum Gasteiger partial charge on any atom is -0.442 e. The third-order valence-corrected chi connectivity index (χ3v) is 6.07. The Labute approximate surface area is 185 Å². The predicted molar refractivity (Wildman–Crippen MR) is 118 cm³/mol. The van der Waals surface area contributed by atoms with E-state index in [9.17, 15) is 13.6 Å². The number of anilines is 2. The van der Waals surface area contributed by atoms with Gasteiger partial charge >= 0.3 is 6.09 Å². The van der Waals surface area contributed by atoms with Crippen molar-refractivity contribution in [2.24, 2.45) is 0 Å². The quantitative estimate of drug-likeness (QED) is 0.572. The number of aromatic nitrogens is 2. The summed E-state index contributed by atoms with van der Waals surface area (Å²) in [7, 11) is 0. The number of piperidine rings is 1. The summed E-state index contributed by atoms with van der Waals surface area (Å²) >= 11 is 0. The highest BCUT2D eigenvalue weighted by Gasteiger charge is 2.33. The van der Waals surface area contributed by atoms with Crippen LogP contribution in [0.3, 0.4) is 0 Å². The van der Waals surface area contributed by atoms with Crippen LogP contribution in [-0.4, -0.2) is 41.4 Å². The number of rotatable bonds is 5. The molecule has 1 atom stereocenters. The van der Waals surface area contributed by atoms with Gasteiger partial charge in [-0.2, -0.15) is 0 Å². The van der Waals surface area contributed by atoms with Crippen LogP contribution in [0.5, 0.6) is 0 Å². The van der Waals surface area contributed by atoms with Gasteiger partial charge in [-0.15, -0.1) is 0 Å². The molecule has 1 aromatic heterocycles. The largest absolute Gasteiger partial charge is 0.442 e. The van der Waals surface area contributed by atoms with E-state index < -0.39 is 11.9 Å². The maximum absolute atomic E-state index is 15.0. The first kappa shape index (κ1) is 20.5. The van der Waals surface area contributed by atoms with E-state index in [1.165, 1.54) is 23.5 Å². The summed E-state index contributed by atoms with van der Waals surface area (Å²) < 4.78 is 37.0. The van der Waals surface area contributed by atoms with Crippen molar-refractivity contribution < 1.29 is 18.3 Å². The molecule has 2 fully saturated rings. The van der Waals surface area contributed by atoms with Crippen LogP contribution >= 0.6 is 0 Å². The van der Waals surface area contributed by atoms with Gasteiger partial charge in [-0.25, -0.2) is 18.6 Å². The number of carbonyl (C=O) groups excluding carboxylic acids is 1. The minimum absolute atomic E-state index is 0.292. The second-order valence-electron chi connectivity index (χ2n) is 8.25. The summed E-state index contributed by atoms with van der Waals surface area (Å²) in [5.41, 5.74) is 1.73. The van der Waals surface area contributed by atoms with Crippen LogP contribution < -0.4 is 9.80 Å². The summed E-state index contributed by atoms with van der Waals surface area (Å²) in [6.45, 7) is 2.47. The lowest BCUT2D eigenvalue weighted by Gasteiger charge is -2.29. The summed E-state index contributed by atoms with van der Waals surface area (Å²) in [6.07, 6.45) is 7.52. The molecule has 0 N–H and O–H groups in total. The highest BCUT2D eigenvalue weighted by atomic mass is 19.1. The van der Waals surface area contributed by atoms with Crippen LogP contribution in [0, 0.1) is 11.6 Å². The lowest BCUT2D eigenvalue weighted by molar-refractivity contribution is 0.132. The molecule has 3 aromatic rings. The van der Waals surface area contributed by atoms with E-state index in [1.807, 2.05) is 9.47 Å². The molecular weight excluding hydrogens is 414 g/mol. The molecular formula is C24H24F2N4O2. The fraction of sp³-hybridized carbons (Fsp3) is 0.333. The second kappa shape index (κ2) is 8.61. The first-order valence-electron chi connectivity index (χ1n) is 10.9. The fourth-order valence-electron chi connectivity index (χ4n) is 4.43. The molecule has 2 saturated heterocycles. The van der Waals surface area contributed by atoms with Crippen LogP contribution in [0.4, 0.5) is 25.0 Å². The average molecular weight is 438 g/mol. The SMILES string of the molecule is O=C1O[C@@H](Cn2ccnc2)CN1c1ccc(-c2ccc(N3CCCCC3)c(F)c2)c(F)c1. The lowest BCUT2D eigenvalue weighted by Crippen LogP contribution is -2.30. The van der Waals surface area contributed by atoms with Gasteiger partial charge in [0.05, 0.1) is 30.8 Å². The zero-order chi connectivity index (χ0) is 22.1. The van der Waals surface area contributed by atoms with E-state index in [1.54, 1.807) is 43.0 Å². The van der Waals surface area contributed by atoms with Gasteiger partial charge in [0.1, 0.15) is 17.7 Å². The molecule has 0 spiro atoms. The van der Waals surface area contributed by atoms with E-state index in [2.05, 4.69) is 4.98 Å². The molecule has 5 rings (SSSR count). The van der Waals surface area contributed by atoms with Gasteiger partial charge < -0.3 is 14.2 Å². The summed E-state index contributed by atoms with van der Waals surface area (Å²) in [5.74, 6) is -0.864. The number of halogens is 2. The zero-order valence-electron chi connectivity index (χ0n) is 17.6. The first-order valence-corrected chi connectivity index (χ1v) is 10.9. The zero-order valence-corrected chi connectivity index (χ0v) is 17.6. The van der Waals surface area contributed by atoms with Gasteiger partial charge in [0.25, 0.3) is 0 Å². The third-order valence-electron chi connectivity index (χ3n) is 6.07. The third kappa shape index (κ3) is 4.04. The standard InChI is InChI=1S/C24H24F2N4O2/c25-21-13-18(30-15-19(32-24(30)31)14-28-11-8-27-16-28)5-6-20(21)17-4-7-23(22(26)12-17)29-9-2-1-3-10-29/h4-8,11-13,16,19H,1-3,9-10,14-15H2/t19-/m0/s1. The van der Waals surface area contributed by atoms with E-state index >= 15 is 0 Å². The van der Waals surface area contributed by atoms with Crippen molar-refractivity contribution in [1.82, 2.24) is 9.55 Å². The van der Waals surface area contributed by atoms with Crippen LogP contribution in [0.15, 0.2) is 55.1 Å². The highest BCUT2D eigenvalue weighted by molar-refractivity contribution is 5.90. The van der Waals surface area contributed by atoms with Gasteiger partial charge in [0, 0.05) is 31.0 Å². The Kier molecular flexibility index (Phi) is 5.51. The molecule has 6 nitrogen and oxygen atoms in total. The molecule has 166 valence electrons. The van der Waals surface area contributed by atoms with Crippen molar-refractivity contribution in [1.29, 1.82) is 0 Å². The minimum atomic E-state index is -0.515.